The van der Waals surface area contributed by atoms with Crippen molar-refractivity contribution in [3.8, 4) is 0 Å². The third-order valence-corrected chi connectivity index (χ3v) is 13.2. The second-order valence-corrected chi connectivity index (χ2v) is 20.5. The summed E-state index contributed by atoms with van der Waals surface area (Å²) in [5, 5.41) is 31.6. The minimum Gasteiger partial charge on any atom is -0.479 e. The van der Waals surface area contributed by atoms with Crippen molar-refractivity contribution in [3.63, 3.8) is 0 Å². The van der Waals surface area contributed by atoms with E-state index in [2.05, 4.69) is 154 Å². The van der Waals surface area contributed by atoms with Crippen LogP contribution in [-0.4, -0.2) is 89.2 Å². The number of unbranched alkanes of at least 4 members (excludes halogenated alkanes) is 15. The number of esters is 3. The monoisotopic (exact) mass is 1130 g/mol. The highest BCUT2D eigenvalue weighted by Crippen LogP contribution is 2.26. The summed E-state index contributed by atoms with van der Waals surface area (Å²) in [5.41, 5.74) is 0. The van der Waals surface area contributed by atoms with Crippen molar-refractivity contribution in [1.82, 2.24) is 0 Å². The van der Waals surface area contributed by atoms with Gasteiger partial charge < -0.3 is 39.0 Å². The van der Waals surface area contributed by atoms with E-state index in [-0.39, 0.29) is 25.9 Å². The number of allylic oxidation sites excluding steroid dienone is 22. The van der Waals surface area contributed by atoms with Crippen molar-refractivity contribution in [1.29, 1.82) is 0 Å². The highest BCUT2D eigenvalue weighted by molar-refractivity contribution is 5.74. The van der Waals surface area contributed by atoms with E-state index >= 15 is 0 Å². The molecule has 0 aromatic carbocycles. The Morgan fingerprint density at radius 1 is 0.407 bits per heavy atom. The van der Waals surface area contributed by atoms with Crippen molar-refractivity contribution < 1.29 is 58.2 Å². The highest BCUT2D eigenvalue weighted by atomic mass is 16.7. The Bertz CT molecular complexity index is 1920. The van der Waals surface area contributed by atoms with Gasteiger partial charge in [-0.2, -0.15) is 0 Å². The molecule has 3 N–H and O–H groups in total. The average molecular weight is 1130 g/mol. The maximum Gasteiger partial charge on any atom is 0.335 e. The molecule has 81 heavy (non-hydrogen) atoms. The van der Waals surface area contributed by atoms with Gasteiger partial charge in [-0.05, 0) is 128 Å². The molecular weight excluding hydrogens is 1020 g/mol. The molecule has 0 spiro atoms. The minimum atomic E-state index is -1.92. The van der Waals surface area contributed by atoms with Crippen molar-refractivity contribution in [2.24, 2.45) is 0 Å². The van der Waals surface area contributed by atoms with Gasteiger partial charge in [-0.1, -0.05) is 212 Å². The van der Waals surface area contributed by atoms with Crippen molar-refractivity contribution in [3.05, 3.63) is 134 Å². The van der Waals surface area contributed by atoms with Crippen LogP contribution in [0.1, 0.15) is 226 Å². The molecule has 456 valence electrons. The molecule has 0 amide bonds. The van der Waals surface area contributed by atoms with Crippen LogP contribution < -0.4 is 0 Å². The molecule has 12 nitrogen and oxygen atoms in total. The maximum absolute atomic E-state index is 13.2. The zero-order chi connectivity index (χ0) is 58.9. The lowest BCUT2D eigenvalue weighted by Gasteiger charge is -2.40. The first-order chi connectivity index (χ1) is 39.6. The van der Waals surface area contributed by atoms with Crippen molar-refractivity contribution >= 4 is 23.9 Å². The fraction of sp³-hybridized carbons (Fsp3) is 0.623. The van der Waals surface area contributed by atoms with Crippen LogP contribution in [0.15, 0.2) is 134 Å². The second-order valence-electron chi connectivity index (χ2n) is 20.5. The number of carboxylic acid groups (broad SMARTS) is 1. The number of aliphatic carboxylic acids is 1. The molecule has 1 aliphatic heterocycles. The van der Waals surface area contributed by atoms with Gasteiger partial charge in [0.15, 0.2) is 24.6 Å². The number of aliphatic hydroxyl groups is 2. The molecule has 6 atom stereocenters. The fourth-order valence-electron chi connectivity index (χ4n) is 8.54. The van der Waals surface area contributed by atoms with E-state index in [0.717, 1.165) is 167 Å². The third kappa shape index (κ3) is 45.1. The molecule has 12 heteroatoms. The Labute approximate surface area is 490 Å². The largest absolute Gasteiger partial charge is 0.479 e. The van der Waals surface area contributed by atoms with Gasteiger partial charge in [0.05, 0.1) is 6.61 Å². The van der Waals surface area contributed by atoms with Crippen LogP contribution in [0.4, 0.5) is 0 Å². The van der Waals surface area contributed by atoms with Gasteiger partial charge in [-0.15, -0.1) is 0 Å². The van der Waals surface area contributed by atoms with Crippen LogP contribution >= 0.6 is 0 Å². The Morgan fingerprint density at radius 2 is 0.741 bits per heavy atom. The lowest BCUT2D eigenvalue weighted by molar-refractivity contribution is -0.301. The summed E-state index contributed by atoms with van der Waals surface area (Å²) in [5.74, 6) is -3.21. The number of carbonyl (C=O) groups excluding carboxylic acids is 3. The smallest absolute Gasteiger partial charge is 0.335 e. The molecule has 1 heterocycles. The molecule has 0 aliphatic carbocycles. The van der Waals surface area contributed by atoms with Crippen LogP contribution in [0.5, 0.6) is 0 Å². The molecule has 0 bridgehead atoms. The van der Waals surface area contributed by atoms with E-state index in [1.807, 2.05) is 0 Å². The highest BCUT2D eigenvalue weighted by Gasteiger charge is 2.50. The average Bonchev–Trinajstić information content (AvgIpc) is 3.54. The Balaban J connectivity index is 2.71. The second kappa shape index (κ2) is 55.4. The van der Waals surface area contributed by atoms with Gasteiger partial charge in [0.25, 0.3) is 0 Å². The normalized spacial score (nSPS) is 18.7. The van der Waals surface area contributed by atoms with Gasteiger partial charge in [0, 0.05) is 19.3 Å². The molecule has 1 rings (SSSR count). The Kier molecular flexibility index (Phi) is 50.5. The number of hydrogen-bond donors (Lipinski definition) is 3. The molecule has 1 saturated heterocycles. The molecule has 1 aliphatic rings. The molecule has 6 unspecified atom stereocenters. The summed E-state index contributed by atoms with van der Waals surface area (Å²) < 4.78 is 28.4. The number of hydrogen-bond acceptors (Lipinski definition) is 11. The maximum atomic E-state index is 13.2. The summed E-state index contributed by atoms with van der Waals surface area (Å²) in [6.07, 6.45) is 65.5. The summed E-state index contributed by atoms with van der Waals surface area (Å²) in [6, 6.07) is 0. The van der Waals surface area contributed by atoms with E-state index < -0.39 is 67.3 Å². The van der Waals surface area contributed by atoms with Crippen LogP contribution in [0.2, 0.25) is 0 Å². The SMILES string of the molecule is CC/C=C\C/C=C\C/C=C\C/C=C\CCCCCCCCC(=O)OC1C(OCC(COC(=O)CCCCCC/C=C\C/C=C\C/C=C\C/C=C\CC)OC(=O)CCCCCCC/C=C\C/C=C\C/C=C\CC)OC(C(=O)O)C(O)C1O. The van der Waals surface area contributed by atoms with Gasteiger partial charge in [-0.25, -0.2) is 4.79 Å². The molecule has 1 fully saturated rings. The molecule has 0 saturated carbocycles. The predicted octanol–water partition coefficient (Wildman–Crippen LogP) is 16.6. The number of carboxylic acids is 1. The summed E-state index contributed by atoms with van der Waals surface area (Å²) in [6.45, 7) is 5.61. The van der Waals surface area contributed by atoms with Gasteiger partial charge in [-0.3, -0.25) is 14.4 Å². The molecule has 0 aromatic rings. The predicted molar refractivity (Wildman–Crippen MR) is 330 cm³/mol. The fourth-order valence-corrected chi connectivity index (χ4v) is 8.54. The summed E-state index contributed by atoms with van der Waals surface area (Å²) in [4.78, 5) is 51.3. The lowest BCUT2D eigenvalue weighted by Crippen LogP contribution is -2.61. The Morgan fingerprint density at radius 3 is 1.12 bits per heavy atom. The summed E-state index contributed by atoms with van der Waals surface area (Å²) in [7, 11) is 0. The number of rotatable bonds is 51. The number of aliphatic hydroxyl groups excluding tert-OH is 2. The quantitative estimate of drug-likeness (QED) is 0.0228. The van der Waals surface area contributed by atoms with E-state index in [1.165, 1.54) is 0 Å². The van der Waals surface area contributed by atoms with Crippen LogP contribution in [0.3, 0.4) is 0 Å². The van der Waals surface area contributed by atoms with Crippen molar-refractivity contribution in [2.45, 2.75) is 263 Å². The van der Waals surface area contributed by atoms with E-state index in [4.69, 9.17) is 23.7 Å². The van der Waals surface area contributed by atoms with Gasteiger partial charge >= 0.3 is 23.9 Å². The third-order valence-electron chi connectivity index (χ3n) is 13.2. The molecule has 0 radical (unpaired) electrons. The van der Waals surface area contributed by atoms with Crippen molar-refractivity contribution in [2.75, 3.05) is 13.2 Å². The first-order valence-electron chi connectivity index (χ1n) is 31.2. The molecule has 0 aromatic heterocycles. The standard InChI is InChI=1S/C69H108O12/c1-4-7-10-13-16-19-22-25-28-30-31-33-36-39-42-45-48-51-54-57-63(72)80-67-65(74)64(73)66(68(75)76)81-69(67)78-59-60(79-62(71)56-53-50-47-44-41-38-34-27-24-21-18-15-12-9-6-3)58-77-61(70)55-52-49-46-43-40-37-35-32-29-26-23-20-17-14-11-8-5-2/h7-12,16-21,25-29,31,33-35,37,60,64-67,69,73-74H,4-6,13-15,22-24,30,32,36,38-59H2,1-3H3,(H,75,76)/b10-7-,11-8-,12-9-,19-16-,20-17-,21-18-,28-25-,29-26-,33-31-,34-27-,37-35-. The van der Waals surface area contributed by atoms with Gasteiger partial charge in [0.1, 0.15) is 18.8 Å². The lowest BCUT2D eigenvalue weighted by atomic mass is 9.98. The Hall–Kier alpha value is -5.14. The first-order valence-corrected chi connectivity index (χ1v) is 31.2. The van der Waals surface area contributed by atoms with E-state index in [0.29, 0.717) is 19.3 Å². The van der Waals surface area contributed by atoms with Crippen LogP contribution in [0.25, 0.3) is 0 Å². The number of carbonyl (C=O) groups is 4. The van der Waals surface area contributed by atoms with Crippen LogP contribution in [0, 0.1) is 0 Å². The van der Waals surface area contributed by atoms with E-state index in [9.17, 15) is 34.5 Å². The topological polar surface area (TPSA) is 175 Å². The minimum absolute atomic E-state index is 0.0321. The molecular formula is C69H108O12. The zero-order valence-corrected chi connectivity index (χ0v) is 50.2. The number of ether oxygens (including phenoxy) is 5. The van der Waals surface area contributed by atoms with E-state index in [1.54, 1.807) is 0 Å². The summed E-state index contributed by atoms with van der Waals surface area (Å²) >= 11 is 0. The zero-order valence-electron chi connectivity index (χ0n) is 50.2. The van der Waals surface area contributed by atoms with Gasteiger partial charge in [0.2, 0.25) is 0 Å². The van der Waals surface area contributed by atoms with Crippen LogP contribution in [-0.2, 0) is 42.9 Å². The first kappa shape index (κ1) is 73.9.